The van der Waals surface area contributed by atoms with E-state index in [4.69, 9.17) is 16.3 Å². The summed E-state index contributed by atoms with van der Waals surface area (Å²) in [6.45, 7) is 0. The fourth-order valence-corrected chi connectivity index (χ4v) is 1.98. The number of aromatic hydroxyl groups is 1. The maximum absolute atomic E-state index is 11.8. The van der Waals surface area contributed by atoms with E-state index in [0.717, 1.165) is 18.2 Å². The number of non-ortho nitro benzene ring substituents is 1. The number of nitro groups is 1. The van der Waals surface area contributed by atoms with Crippen molar-refractivity contribution in [1.82, 2.24) is 4.98 Å². The Hall–Kier alpha value is -3.85. The summed E-state index contributed by atoms with van der Waals surface area (Å²) in [5.41, 5.74) is 3.43. The second kappa shape index (κ2) is 5.26. The van der Waals surface area contributed by atoms with E-state index in [2.05, 4.69) is 4.98 Å². The van der Waals surface area contributed by atoms with Crippen LogP contribution < -0.4 is 11.3 Å². The number of nitrogen functional groups attached to an aromatic ring is 1. The molecule has 0 aliphatic carbocycles. The van der Waals surface area contributed by atoms with Gasteiger partial charge in [-0.05, 0) is 11.6 Å². The molecule has 9 nitrogen and oxygen atoms in total. The highest BCUT2D eigenvalue weighted by atomic mass is 16.6. The van der Waals surface area contributed by atoms with Crippen molar-refractivity contribution in [3.63, 3.8) is 0 Å². The fourth-order valence-electron chi connectivity index (χ4n) is 1.98. The molecule has 1 heterocycles. The molecule has 0 aliphatic heterocycles. The fraction of sp³-hybridized carbons (Fsp3) is 0. The van der Waals surface area contributed by atoms with Gasteiger partial charge in [0.15, 0.2) is 0 Å². The summed E-state index contributed by atoms with van der Waals surface area (Å²) in [6, 6.07) is 6.40. The normalized spacial score (nSPS) is 9.73. The van der Waals surface area contributed by atoms with Gasteiger partial charge in [-0.2, -0.15) is 10.5 Å². The van der Waals surface area contributed by atoms with E-state index in [1.807, 2.05) is 0 Å². The number of benzene rings is 1. The molecule has 108 valence electrons. The number of nitrogens with one attached hydrogen (secondary N) is 1. The molecule has 1 aromatic carbocycles. The first-order valence-corrected chi connectivity index (χ1v) is 5.73. The molecule has 0 unspecified atom stereocenters. The van der Waals surface area contributed by atoms with E-state index < -0.39 is 27.5 Å². The Bertz CT molecular complexity index is 933. The summed E-state index contributed by atoms with van der Waals surface area (Å²) < 4.78 is 0. The van der Waals surface area contributed by atoms with Gasteiger partial charge in [0.2, 0.25) is 0 Å². The standard InChI is InChI=1S/C13H7N5O4/c14-4-9-11(10(5-15)13(20)17-12(9)16)6-1-7(18(21)22)3-8(19)2-6/h1-3,19H,(H3,16,17,20). The number of aromatic amines is 1. The smallest absolute Gasteiger partial charge is 0.273 e. The van der Waals surface area contributed by atoms with Gasteiger partial charge in [0, 0.05) is 11.6 Å². The molecule has 0 radical (unpaired) electrons. The molecule has 0 aliphatic rings. The lowest BCUT2D eigenvalue weighted by atomic mass is 9.96. The van der Waals surface area contributed by atoms with Gasteiger partial charge >= 0.3 is 0 Å². The molecule has 9 heteroatoms. The lowest BCUT2D eigenvalue weighted by Crippen LogP contribution is -2.16. The van der Waals surface area contributed by atoms with Crippen LogP contribution in [0.3, 0.4) is 0 Å². The van der Waals surface area contributed by atoms with Crippen LogP contribution in [0.25, 0.3) is 11.1 Å². The van der Waals surface area contributed by atoms with E-state index in [1.54, 1.807) is 12.1 Å². The number of nitro benzene ring substituents is 1. The summed E-state index contributed by atoms with van der Waals surface area (Å²) in [7, 11) is 0. The Balaban J connectivity index is 2.95. The first kappa shape index (κ1) is 14.6. The Labute approximate surface area is 122 Å². The number of nitriles is 2. The number of H-pyrrole nitrogens is 1. The van der Waals surface area contributed by atoms with Gasteiger partial charge in [-0.3, -0.25) is 14.9 Å². The minimum Gasteiger partial charge on any atom is -0.508 e. The van der Waals surface area contributed by atoms with Gasteiger partial charge in [-0.1, -0.05) is 0 Å². The van der Waals surface area contributed by atoms with Gasteiger partial charge < -0.3 is 15.8 Å². The lowest BCUT2D eigenvalue weighted by molar-refractivity contribution is -0.384. The molecule has 0 atom stereocenters. The van der Waals surface area contributed by atoms with Crippen molar-refractivity contribution in [1.29, 1.82) is 10.5 Å². The third-order valence-corrected chi connectivity index (χ3v) is 2.87. The van der Waals surface area contributed by atoms with E-state index in [-0.39, 0.29) is 22.5 Å². The molecule has 0 bridgehead atoms. The summed E-state index contributed by atoms with van der Waals surface area (Å²) in [4.78, 5) is 24.0. The molecule has 0 amide bonds. The number of phenolic OH excluding ortho intramolecular Hbond substituents is 1. The molecule has 4 N–H and O–H groups in total. The first-order chi connectivity index (χ1) is 10.4. The van der Waals surface area contributed by atoms with Crippen LogP contribution in [-0.2, 0) is 0 Å². The number of aromatic nitrogens is 1. The number of phenols is 1. The second-order valence-corrected chi connectivity index (χ2v) is 4.21. The highest BCUT2D eigenvalue weighted by molar-refractivity contribution is 5.81. The number of pyridine rings is 1. The van der Waals surface area contributed by atoms with Gasteiger partial charge in [0.05, 0.1) is 11.0 Å². The molecule has 2 rings (SSSR count). The number of hydrogen-bond donors (Lipinski definition) is 3. The lowest BCUT2D eigenvalue weighted by Gasteiger charge is -2.09. The van der Waals surface area contributed by atoms with Gasteiger partial charge in [-0.25, -0.2) is 0 Å². The predicted octanol–water partition coefficient (Wildman–Crippen LogP) is 0.981. The first-order valence-electron chi connectivity index (χ1n) is 5.73. The van der Waals surface area contributed by atoms with Crippen molar-refractivity contribution in [2.24, 2.45) is 0 Å². The predicted molar refractivity (Wildman–Crippen MR) is 74.7 cm³/mol. The SMILES string of the molecule is N#Cc1c(N)[nH]c(=O)c(C#N)c1-c1cc(O)cc([N+](=O)[O-])c1. The highest BCUT2D eigenvalue weighted by Gasteiger charge is 2.20. The van der Waals surface area contributed by atoms with Crippen LogP contribution in [0.15, 0.2) is 23.0 Å². The number of rotatable bonds is 2. The largest absolute Gasteiger partial charge is 0.508 e. The van der Waals surface area contributed by atoms with Crippen LogP contribution in [0.4, 0.5) is 11.5 Å². The minimum absolute atomic E-state index is 0.0300. The van der Waals surface area contributed by atoms with Crippen molar-refractivity contribution in [2.45, 2.75) is 0 Å². The van der Waals surface area contributed by atoms with E-state index in [9.17, 15) is 20.0 Å². The Morgan fingerprint density at radius 2 is 1.86 bits per heavy atom. The van der Waals surface area contributed by atoms with Crippen LogP contribution >= 0.6 is 0 Å². The average molecular weight is 297 g/mol. The molecule has 0 saturated heterocycles. The van der Waals surface area contributed by atoms with Crippen LogP contribution in [0.2, 0.25) is 0 Å². The van der Waals surface area contributed by atoms with Crippen molar-refractivity contribution in [3.8, 4) is 29.0 Å². The third-order valence-electron chi connectivity index (χ3n) is 2.87. The second-order valence-electron chi connectivity index (χ2n) is 4.21. The van der Waals surface area contributed by atoms with Crippen LogP contribution in [0.1, 0.15) is 11.1 Å². The molecule has 0 spiro atoms. The topological polar surface area (TPSA) is 170 Å². The quantitative estimate of drug-likeness (QED) is 0.547. The number of nitrogens with zero attached hydrogens (tertiary/aromatic N) is 3. The third kappa shape index (κ3) is 2.30. The van der Waals surface area contributed by atoms with E-state index >= 15 is 0 Å². The zero-order chi connectivity index (χ0) is 16.4. The maximum atomic E-state index is 11.8. The maximum Gasteiger partial charge on any atom is 0.273 e. The highest BCUT2D eigenvalue weighted by Crippen LogP contribution is 2.33. The average Bonchev–Trinajstić information content (AvgIpc) is 2.45. The number of hydrogen-bond acceptors (Lipinski definition) is 7. The molecule has 2 aromatic rings. The van der Waals surface area contributed by atoms with E-state index in [0.29, 0.717) is 0 Å². The molecule has 0 saturated carbocycles. The molecule has 22 heavy (non-hydrogen) atoms. The van der Waals surface area contributed by atoms with Gasteiger partial charge in [0.25, 0.3) is 11.2 Å². The summed E-state index contributed by atoms with van der Waals surface area (Å²) in [5, 5.41) is 38.7. The van der Waals surface area contributed by atoms with Crippen LogP contribution in [0.5, 0.6) is 5.75 Å². The Morgan fingerprint density at radius 1 is 1.23 bits per heavy atom. The number of nitrogens with two attached hydrogens (primary N) is 1. The van der Waals surface area contributed by atoms with Gasteiger partial charge in [-0.15, -0.1) is 0 Å². The summed E-state index contributed by atoms with van der Waals surface area (Å²) in [6.07, 6.45) is 0. The minimum atomic E-state index is -0.833. The Kier molecular flexibility index (Phi) is 3.48. The summed E-state index contributed by atoms with van der Waals surface area (Å²) >= 11 is 0. The number of anilines is 1. The van der Waals surface area contributed by atoms with Crippen LogP contribution in [-0.4, -0.2) is 15.0 Å². The van der Waals surface area contributed by atoms with E-state index in [1.165, 1.54) is 0 Å². The van der Waals surface area contributed by atoms with Crippen molar-refractivity contribution in [2.75, 3.05) is 5.73 Å². The monoisotopic (exact) mass is 297 g/mol. The van der Waals surface area contributed by atoms with Crippen molar-refractivity contribution >= 4 is 11.5 Å². The van der Waals surface area contributed by atoms with Crippen molar-refractivity contribution < 1.29 is 10.0 Å². The zero-order valence-electron chi connectivity index (χ0n) is 10.8. The zero-order valence-corrected chi connectivity index (χ0v) is 10.8. The molecule has 1 aromatic heterocycles. The molecule has 0 fully saturated rings. The van der Waals surface area contributed by atoms with Crippen LogP contribution in [0, 0.1) is 32.8 Å². The molecular formula is C13H7N5O4. The summed E-state index contributed by atoms with van der Waals surface area (Å²) in [5.74, 6) is -0.719. The van der Waals surface area contributed by atoms with Crippen molar-refractivity contribution in [3.05, 3.63) is 49.8 Å². The molecular weight excluding hydrogens is 290 g/mol. The van der Waals surface area contributed by atoms with Gasteiger partial charge in [0.1, 0.15) is 34.8 Å². The Morgan fingerprint density at radius 3 is 2.41 bits per heavy atom.